The van der Waals surface area contributed by atoms with Gasteiger partial charge in [0.05, 0.1) is 32.9 Å². The first-order valence-electron chi connectivity index (χ1n) is 13.1. The van der Waals surface area contributed by atoms with Crippen LogP contribution in [0.4, 0.5) is 17.1 Å². The zero-order valence-corrected chi connectivity index (χ0v) is 23.3. The molecule has 0 fully saturated rings. The summed E-state index contributed by atoms with van der Waals surface area (Å²) in [4.78, 5) is 9.72. The quantitative estimate of drug-likeness (QED) is 0.177. The minimum Gasteiger partial charge on any atom is -0.508 e. The summed E-state index contributed by atoms with van der Waals surface area (Å²) in [5, 5.41) is 25.3. The molecule has 0 spiro atoms. The molecule has 0 amide bonds. The predicted molar refractivity (Wildman–Crippen MR) is 159 cm³/mol. The molecule has 0 aromatic heterocycles. The minimum absolute atomic E-state index is 0.139. The van der Waals surface area contributed by atoms with Crippen molar-refractivity contribution in [1.82, 2.24) is 0 Å². The van der Waals surface area contributed by atoms with Gasteiger partial charge in [0, 0.05) is 19.6 Å². The summed E-state index contributed by atoms with van der Waals surface area (Å²) >= 11 is 0. The summed E-state index contributed by atoms with van der Waals surface area (Å²) in [6, 6.07) is 20.3. The fraction of sp³-hybridized carbons (Fsp3) is 0.344. The maximum absolute atomic E-state index is 8.75. The van der Waals surface area contributed by atoms with Crippen LogP contribution in [-0.2, 0) is 0 Å². The number of hydrogen-bond acceptors (Lipinski definition) is 5. The summed E-state index contributed by atoms with van der Waals surface area (Å²) in [6.07, 6.45) is 4.88. The number of aliphatic hydroxyl groups excluding tert-OH is 2. The molecule has 0 saturated carbocycles. The van der Waals surface area contributed by atoms with Gasteiger partial charge in [0.25, 0.3) is 0 Å². The number of ether oxygens (including phenoxy) is 2. The molecule has 40 heavy (non-hydrogen) atoms. The number of unbranched alkanes of at least 4 members (excludes halogenated alkanes) is 2. The van der Waals surface area contributed by atoms with Gasteiger partial charge in [0.15, 0.2) is 17.1 Å². The third kappa shape index (κ3) is 18.7. The average Bonchev–Trinajstić information content (AvgIpc) is 3.00. The highest BCUT2D eigenvalue weighted by Crippen LogP contribution is 2.19. The molecule has 0 aliphatic heterocycles. The van der Waals surface area contributed by atoms with Crippen molar-refractivity contribution in [2.24, 2.45) is 0 Å². The number of aromatic hydroxyl groups is 1. The van der Waals surface area contributed by atoms with E-state index in [1.807, 2.05) is 12.1 Å². The molecule has 3 aromatic carbocycles. The zero-order chi connectivity index (χ0) is 29.8. The molecule has 212 valence electrons. The first kappa shape index (κ1) is 35.5. The second-order valence-corrected chi connectivity index (χ2v) is 8.04. The molecule has 8 nitrogen and oxygen atoms in total. The highest BCUT2D eigenvalue weighted by Gasteiger charge is 1.94. The van der Waals surface area contributed by atoms with Crippen LogP contribution in [-0.4, -0.2) is 41.7 Å². The Morgan fingerprint density at radius 3 is 1.20 bits per heavy atom. The number of benzene rings is 3. The molecule has 3 rings (SSSR count). The Bertz CT molecular complexity index is 1080. The van der Waals surface area contributed by atoms with Gasteiger partial charge in [0.1, 0.15) is 17.2 Å². The van der Waals surface area contributed by atoms with Gasteiger partial charge in [-0.3, -0.25) is 0 Å². The van der Waals surface area contributed by atoms with Crippen molar-refractivity contribution >= 4 is 17.1 Å². The molecule has 0 aliphatic rings. The molecule has 8 heteroatoms. The van der Waals surface area contributed by atoms with Crippen molar-refractivity contribution in [2.45, 2.75) is 46.0 Å². The number of phenols is 1. The SMILES string of the molecule is CCCCO.[C-]#[N+]c1ccc(O)cc1.[C-]#[N+]c1ccc(OCCCC)cc1.[C-]#[N+]c1ccc(OCCCO)cc1. The first-order valence-corrected chi connectivity index (χ1v) is 13.1. The third-order valence-corrected chi connectivity index (χ3v) is 4.76. The lowest BCUT2D eigenvalue weighted by molar-refractivity contribution is 0.233. The number of hydrogen-bond donors (Lipinski definition) is 3. The van der Waals surface area contributed by atoms with Crippen LogP contribution in [0.3, 0.4) is 0 Å². The van der Waals surface area contributed by atoms with Gasteiger partial charge in [-0.05, 0) is 49.2 Å². The van der Waals surface area contributed by atoms with E-state index in [0.29, 0.717) is 36.7 Å². The molecular formula is C32H39N3O5. The maximum Gasteiger partial charge on any atom is 0.187 e. The fourth-order valence-electron chi connectivity index (χ4n) is 2.51. The molecule has 0 bridgehead atoms. The smallest absolute Gasteiger partial charge is 0.187 e. The average molecular weight is 546 g/mol. The normalized spacial score (nSPS) is 8.93. The molecule has 0 unspecified atom stereocenters. The van der Waals surface area contributed by atoms with E-state index < -0.39 is 0 Å². The van der Waals surface area contributed by atoms with Crippen molar-refractivity contribution in [3.63, 3.8) is 0 Å². The first-order chi connectivity index (χ1) is 19.5. The molecular weight excluding hydrogens is 506 g/mol. The largest absolute Gasteiger partial charge is 0.508 e. The lowest BCUT2D eigenvalue weighted by Gasteiger charge is -2.04. The van der Waals surface area contributed by atoms with E-state index in [1.54, 1.807) is 48.5 Å². The monoisotopic (exact) mass is 545 g/mol. The van der Waals surface area contributed by atoms with Gasteiger partial charge >= 0.3 is 0 Å². The van der Waals surface area contributed by atoms with Gasteiger partial charge in [-0.25, -0.2) is 14.5 Å². The van der Waals surface area contributed by atoms with Crippen LogP contribution in [0.25, 0.3) is 14.5 Å². The van der Waals surface area contributed by atoms with Crippen molar-refractivity contribution in [3.8, 4) is 17.2 Å². The molecule has 0 radical (unpaired) electrons. The van der Waals surface area contributed by atoms with E-state index in [4.69, 9.17) is 44.5 Å². The molecule has 3 aromatic rings. The molecule has 0 heterocycles. The summed E-state index contributed by atoms with van der Waals surface area (Å²) in [5.41, 5.74) is 1.81. The highest BCUT2D eigenvalue weighted by molar-refractivity contribution is 5.48. The van der Waals surface area contributed by atoms with E-state index in [0.717, 1.165) is 43.8 Å². The second-order valence-electron chi connectivity index (χ2n) is 8.04. The van der Waals surface area contributed by atoms with Crippen LogP contribution < -0.4 is 9.47 Å². The summed E-state index contributed by atoms with van der Waals surface area (Å²) in [5.74, 6) is 1.78. The van der Waals surface area contributed by atoms with Crippen molar-refractivity contribution < 1.29 is 24.8 Å². The zero-order valence-electron chi connectivity index (χ0n) is 23.3. The van der Waals surface area contributed by atoms with Crippen LogP contribution in [0, 0.1) is 19.7 Å². The van der Waals surface area contributed by atoms with E-state index in [2.05, 4.69) is 28.4 Å². The summed E-state index contributed by atoms with van der Waals surface area (Å²) in [7, 11) is 0. The van der Waals surface area contributed by atoms with Crippen LogP contribution in [0.2, 0.25) is 0 Å². The van der Waals surface area contributed by atoms with Crippen LogP contribution in [0.5, 0.6) is 17.2 Å². The maximum atomic E-state index is 8.75. The number of phenolic OH excluding ortho intramolecular Hbond substituents is 1. The second kappa shape index (κ2) is 24.8. The van der Waals surface area contributed by atoms with E-state index in [9.17, 15) is 0 Å². The van der Waals surface area contributed by atoms with Crippen molar-refractivity contribution in [3.05, 3.63) is 107 Å². The lowest BCUT2D eigenvalue weighted by Crippen LogP contribution is -1.98. The van der Waals surface area contributed by atoms with Gasteiger partial charge in [-0.2, -0.15) is 0 Å². The van der Waals surface area contributed by atoms with Crippen LogP contribution in [0.1, 0.15) is 46.0 Å². The van der Waals surface area contributed by atoms with E-state index in [1.165, 1.54) is 12.1 Å². The number of aliphatic hydroxyl groups is 2. The van der Waals surface area contributed by atoms with E-state index in [-0.39, 0.29) is 12.4 Å². The van der Waals surface area contributed by atoms with Gasteiger partial charge in [0.2, 0.25) is 0 Å². The number of nitrogens with zero attached hydrogens (tertiary/aromatic N) is 3. The Labute approximate surface area is 238 Å². The Balaban J connectivity index is 0.000000533. The topological polar surface area (TPSA) is 92.2 Å². The van der Waals surface area contributed by atoms with Gasteiger partial charge < -0.3 is 24.8 Å². The van der Waals surface area contributed by atoms with Gasteiger partial charge in [-0.1, -0.05) is 63.1 Å². The van der Waals surface area contributed by atoms with E-state index >= 15 is 0 Å². The Hall–Kier alpha value is -4.55. The van der Waals surface area contributed by atoms with Crippen molar-refractivity contribution in [1.29, 1.82) is 0 Å². The molecule has 0 aliphatic carbocycles. The molecule has 0 saturated heterocycles. The Morgan fingerprint density at radius 2 is 0.900 bits per heavy atom. The lowest BCUT2D eigenvalue weighted by atomic mass is 10.3. The minimum atomic E-state index is 0.139. The Morgan fingerprint density at radius 1 is 0.550 bits per heavy atom. The Kier molecular flexibility index (Phi) is 22.0. The highest BCUT2D eigenvalue weighted by atomic mass is 16.5. The van der Waals surface area contributed by atoms with Crippen LogP contribution >= 0.6 is 0 Å². The standard InChI is InChI=1S/C11H13NO.C10H11NO2.C7H5NO.C4H10O/c1-3-4-9-13-11-7-5-10(12-2)6-8-11;1-11-9-3-5-10(6-4-9)13-8-2-7-12;1-8-6-2-4-7(9)5-3-6;1-2-3-4-5/h5-8H,3-4,9H2,1H3;3-6,12H,2,7-8H2;2-5,9H;5H,2-4H2,1H3. The summed E-state index contributed by atoms with van der Waals surface area (Å²) in [6.45, 7) is 26.0. The predicted octanol–water partition coefficient (Wildman–Crippen LogP) is 8.14. The molecule has 0 atom stereocenters. The third-order valence-electron chi connectivity index (χ3n) is 4.76. The fourth-order valence-corrected chi connectivity index (χ4v) is 2.51. The summed E-state index contributed by atoms with van der Waals surface area (Å²) < 4.78 is 10.7. The number of rotatable bonds is 10. The molecule has 3 N–H and O–H groups in total. The van der Waals surface area contributed by atoms with Crippen LogP contribution in [0.15, 0.2) is 72.8 Å². The van der Waals surface area contributed by atoms with Gasteiger partial charge in [-0.15, -0.1) is 0 Å². The van der Waals surface area contributed by atoms with Crippen molar-refractivity contribution in [2.75, 3.05) is 26.4 Å².